The smallest absolute Gasteiger partial charge is 0.375 e. The quantitative estimate of drug-likeness (QED) is 0.684. The summed E-state index contributed by atoms with van der Waals surface area (Å²) in [6, 6.07) is 9.71. The molecule has 1 aliphatic heterocycles. The van der Waals surface area contributed by atoms with Crippen LogP contribution in [0.1, 0.15) is 37.8 Å². The van der Waals surface area contributed by atoms with Crippen molar-refractivity contribution >= 4 is 23.0 Å². The lowest BCUT2D eigenvalue weighted by Crippen LogP contribution is -2.34. The van der Waals surface area contributed by atoms with E-state index in [2.05, 4.69) is 10.6 Å². The zero-order valence-electron chi connectivity index (χ0n) is 15.0. The summed E-state index contributed by atoms with van der Waals surface area (Å²) in [6.45, 7) is 4.03. The summed E-state index contributed by atoms with van der Waals surface area (Å²) in [6.07, 6.45) is -3.40. The molecule has 0 spiro atoms. The lowest BCUT2D eigenvalue weighted by molar-refractivity contribution is -0.137. The number of amides is 1. The Balaban J connectivity index is 1.84. The SMILES string of the molecule is CC(C)CCC1(O)C(=O)Nc2ccc(Nc3ccc(C(F)(F)F)cc3)cc21. The number of halogens is 3. The van der Waals surface area contributed by atoms with Gasteiger partial charge in [0.1, 0.15) is 0 Å². The Bertz CT molecular complexity index is 847. The minimum atomic E-state index is -4.38. The highest BCUT2D eigenvalue weighted by atomic mass is 19.4. The second-order valence-electron chi connectivity index (χ2n) is 7.21. The van der Waals surface area contributed by atoms with Crippen molar-refractivity contribution in [2.24, 2.45) is 5.92 Å². The van der Waals surface area contributed by atoms with Gasteiger partial charge in [0.25, 0.3) is 5.91 Å². The van der Waals surface area contributed by atoms with Gasteiger partial charge in [-0.2, -0.15) is 13.2 Å². The molecule has 1 unspecified atom stereocenters. The highest BCUT2D eigenvalue weighted by Gasteiger charge is 2.44. The minimum absolute atomic E-state index is 0.299. The van der Waals surface area contributed by atoms with Crippen LogP contribution in [-0.4, -0.2) is 11.0 Å². The number of nitrogens with one attached hydrogen (secondary N) is 2. The largest absolute Gasteiger partial charge is 0.416 e. The first-order valence-electron chi connectivity index (χ1n) is 8.72. The fourth-order valence-corrected chi connectivity index (χ4v) is 3.08. The van der Waals surface area contributed by atoms with Crippen molar-refractivity contribution in [2.75, 3.05) is 10.6 Å². The molecule has 144 valence electrons. The molecule has 0 aromatic heterocycles. The van der Waals surface area contributed by atoms with Crippen LogP contribution in [0.4, 0.5) is 30.2 Å². The lowest BCUT2D eigenvalue weighted by Gasteiger charge is -2.22. The van der Waals surface area contributed by atoms with E-state index in [1.165, 1.54) is 12.1 Å². The Morgan fingerprint density at radius 2 is 1.74 bits per heavy atom. The Morgan fingerprint density at radius 1 is 1.11 bits per heavy atom. The third kappa shape index (κ3) is 3.93. The fraction of sp³-hybridized carbons (Fsp3) is 0.350. The highest BCUT2D eigenvalue weighted by Crippen LogP contribution is 2.41. The number of benzene rings is 2. The van der Waals surface area contributed by atoms with Crippen LogP contribution in [0.15, 0.2) is 42.5 Å². The summed E-state index contributed by atoms with van der Waals surface area (Å²) in [5.74, 6) is -0.121. The number of aliphatic hydroxyl groups is 1. The molecule has 3 rings (SSSR count). The molecule has 1 heterocycles. The average Bonchev–Trinajstić information content (AvgIpc) is 2.84. The minimum Gasteiger partial charge on any atom is -0.375 e. The molecule has 4 nitrogen and oxygen atoms in total. The zero-order chi connectivity index (χ0) is 19.8. The summed E-state index contributed by atoms with van der Waals surface area (Å²) in [5.41, 5.74) is -0.245. The lowest BCUT2D eigenvalue weighted by atomic mass is 9.87. The standard InChI is InChI=1S/C20H21F3N2O2/c1-12(2)9-10-19(27)16-11-15(7-8-17(16)25-18(19)26)24-14-5-3-13(4-6-14)20(21,22)23/h3-8,11-12,24,27H,9-10H2,1-2H3,(H,25,26). The third-order valence-corrected chi connectivity index (χ3v) is 4.67. The molecule has 3 N–H and O–H groups in total. The van der Waals surface area contributed by atoms with Gasteiger partial charge in [-0.05, 0) is 61.2 Å². The molecule has 0 radical (unpaired) electrons. The Hall–Kier alpha value is -2.54. The van der Waals surface area contributed by atoms with Gasteiger partial charge in [0.15, 0.2) is 5.60 Å². The molecule has 27 heavy (non-hydrogen) atoms. The van der Waals surface area contributed by atoms with Crippen molar-refractivity contribution in [2.45, 2.75) is 38.5 Å². The molecular weight excluding hydrogens is 357 g/mol. The number of alkyl halides is 3. The molecule has 1 atom stereocenters. The number of anilines is 3. The van der Waals surface area contributed by atoms with Crippen molar-refractivity contribution in [1.82, 2.24) is 0 Å². The van der Waals surface area contributed by atoms with Gasteiger partial charge in [0, 0.05) is 22.6 Å². The number of hydrogen-bond acceptors (Lipinski definition) is 3. The fourth-order valence-electron chi connectivity index (χ4n) is 3.08. The van der Waals surface area contributed by atoms with Crippen LogP contribution < -0.4 is 10.6 Å². The molecule has 1 aliphatic rings. The number of carbonyl (C=O) groups is 1. The van der Waals surface area contributed by atoms with E-state index in [1.54, 1.807) is 18.2 Å². The van der Waals surface area contributed by atoms with E-state index < -0.39 is 23.2 Å². The molecule has 7 heteroatoms. The average molecular weight is 378 g/mol. The predicted octanol–water partition coefficient (Wildman–Crippen LogP) is 5.02. The van der Waals surface area contributed by atoms with E-state index in [-0.39, 0.29) is 0 Å². The van der Waals surface area contributed by atoms with Crippen LogP contribution >= 0.6 is 0 Å². The van der Waals surface area contributed by atoms with Crippen LogP contribution in [0.3, 0.4) is 0 Å². The topological polar surface area (TPSA) is 61.4 Å². The molecule has 1 amide bonds. The van der Waals surface area contributed by atoms with E-state index in [0.717, 1.165) is 12.1 Å². The number of carbonyl (C=O) groups excluding carboxylic acids is 1. The Morgan fingerprint density at radius 3 is 2.33 bits per heavy atom. The second kappa shape index (κ2) is 6.88. The first-order chi connectivity index (χ1) is 12.6. The maximum absolute atomic E-state index is 12.7. The first kappa shape index (κ1) is 19.2. The summed E-state index contributed by atoms with van der Waals surface area (Å²) in [5, 5.41) is 16.6. The molecule has 0 saturated heterocycles. The summed E-state index contributed by atoms with van der Waals surface area (Å²) in [7, 11) is 0. The third-order valence-electron chi connectivity index (χ3n) is 4.67. The molecule has 0 aliphatic carbocycles. The summed E-state index contributed by atoms with van der Waals surface area (Å²) < 4.78 is 38.0. The van der Waals surface area contributed by atoms with Crippen molar-refractivity contribution in [1.29, 1.82) is 0 Å². The van der Waals surface area contributed by atoms with Gasteiger partial charge in [0.05, 0.1) is 5.56 Å². The number of rotatable bonds is 5. The van der Waals surface area contributed by atoms with E-state index in [4.69, 9.17) is 0 Å². The van der Waals surface area contributed by atoms with Crippen LogP contribution in [0, 0.1) is 5.92 Å². The highest BCUT2D eigenvalue weighted by molar-refractivity contribution is 6.05. The van der Waals surface area contributed by atoms with Gasteiger partial charge in [-0.15, -0.1) is 0 Å². The summed E-state index contributed by atoms with van der Waals surface area (Å²) >= 11 is 0. The first-order valence-corrected chi connectivity index (χ1v) is 8.72. The van der Waals surface area contributed by atoms with Crippen molar-refractivity contribution < 1.29 is 23.1 Å². The van der Waals surface area contributed by atoms with Crippen molar-refractivity contribution in [3.63, 3.8) is 0 Å². The Kier molecular flexibility index (Phi) is 4.90. The van der Waals surface area contributed by atoms with E-state index in [9.17, 15) is 23.1 Å². The monoisotopic (exact) mass is 378 g/mol. The van der Waals surface area contributed by atoms with E-state index in [1.807, 2.05) is 13.8 Å². The van der Waals surface area contributed by atoms with Gasteiger partial charge in [-0.25, -0.2) is 0 Å². The maximum Gasteiger partial charge on any atom is 0.416 e. The second-order valence-corrected chi connectivity index (χ2v) is 7.21. The number of fused-ring (bicyclic) bond motifs is 1. The van der Waals surface area contributed by atoms with E-state index in [0.29, 0.717) is 41.4 Å². The van der Waals surface area contributed by atoms with Crippen molar-refractivity contribution in [3.05, 3.63) is 53.6 Å². The molecule has 0 fully saturated rings. The Labute approximate surface area is 155 Å². The van der Waals surface area contributed by atoms with Crippen LogP contribution in [0.5, 0.6) is 0 Å². The van der Waals surface area contributed by atoms with Gasteiger partial charge in [0.2, 0.25) is 0 Å². The van der Waals surface area contributed by atoms with Crippen LogP contribution in [-0.2, 0) is 16.6 Å². The summed E-state index contributed by atoms with van der Waals surface area (Å²) in [4.78, 5) is 12.3. The predicted molar refractivity (Wildman–Crippen MR) is 97.8 cm³/mol. The molecule has 2 aromatic rings. The molecule has 2 aromatic carbocycles. The maximum atomic E-state index is 12.7. The van der Waals surface area contributed by atoms with Gasteiger partial charge >= 0.3 is 6.18 Å². The van der Waals surface area contributed by atoms with Crippen LogP contribution in [0.2, 0.25) is 0 Å². The zero-order valence-corrected chi connectivity index (χ0v) is 15.0. The number of hydrogen-bond donors (Lipinski definition) is 3. The van der Waals surface area contributed by atoms with Gasteiger partial charge in [-0.3, -0.25) is 4.79 Å². The van der Waals surface area contributed by atoms with Gasteiger partial charge < -0.3 is 15.7 Å². The van der Waals surface area contributed by atoms with Crippen LogP contribution in [0.25, 0.3) is 0 Å². The van der Waals surface area contributed by atoms with E-state index >= 15 is 0 Å². The molecule has 0 saturated carbocycles. The molecular formula is C20H21F3N2O2. The van der Waals surface area contributed by atoms with Gasteiger partial charge in [-0.1, -0.05) is 13.8 Å². The van der Waals surface area contributed by atoms with Crippen molar-refractivity contribution in [3.8, 4) is 0 Å². The molecule has 0 bridgehead atoms. The normalized spacial score (nSPS) is 19.1.